The van der Waals surface area contributed by atoms with E-state index in [1.54, 1.807) is 7.11 Å². The van der Waals surface area contributed by atoms with Crippen molar-refractivity contribution in [2.75, 3.05) is 38.3 Å². The molecule has 0 bridgehead atoms. The molecule has 1 spiro atoms. The summed E-state index contributed by atoms with van der Waals surface area (Å²) in [6, 6.07) is 14.5. The van der Waals surface area contributed by atoms with Crippen LogP contribution in [-0.2, 0) is 17.7 Å². The van der Waals surface area contributed by atoms with Crippen molar-refractivity contribution in [2.45, 2.75) is 25.8 Å². The van der Waals surface area contributed by atoms with Crippen molar-refractivity contribution < 1.29 is 4.74 Å². The Balaban J connectivity index is 1.80. The molecule has 0 radical (unpaired) electrons. The molecule has 2 aliphatic rings. The lowest BCUT2D eigenvalue weighted by molar-refractivity contribution is 0.205. The van der Waals surface area contributed by atoms with Crippen molar-refractivity contribution >= 4 is 34.7 Å². The second-order valence-corrected chi connectivity index (χ2v) is 8.69. The molecule has 4 nitrogen and oxygen atoms in total. The van der Waals surface area contributed by atoms with Crippen LogP contribution in [0.4, 0.5) is 5.69 Å². The van der Waals surface area contributed by atoms with E-state index in [9.17, 15) is 0 Å². The number of methoxy groups -OCH3 is 1. The number of amidine groups is 1. The Labute approximate surface area is 182 Å². The minimum atomic E-state index is 0.0118. The highest BCUT2D eigenvalue weighted by Crippen LogP contribution is 2.46. The van der Waals surface area contributed by atoms with Crippen LogP contribution in [0, 0.1) is 5.41 Å². The van der Waals surface area contributed by atoms with Crippen molar-refractivity contribution in [3.05, 3.63) is 63.6 Å². The third kappa shape index (κ3) is 4.31. The van der Waals surface area contributed by atoms with Crippen LogP contribution < -0.4 is 10.2 Å². The molecular weight excluding hydrogens is 405 g/mol. The zero-order valence-corrected chi connectivity index (χ0v) is 18.3. The largest absolute Gasteiger partial charge is 0.383 e. The first-order valence-corrected chi connectivity index (χ1v) is 10.9. The summed E-state index contributed by atoms with van der Waals surface area (Å²) in [5, 5.41) is 4.70. The van der Waals surface area contributed by atoms with Gasteiger partial charge in [-0.15, -0.1) is 0 Å². The Morgan fingerprint density at radius 2 is 1.83 bits per heavy atom. The first kappa shape index (κ1) is 20.7. The average Bonchev–Trinajstić information content (AvgIpc) is 2.74. The molecule has 0 aromatic heterocycles. The number of aliphatic imine (C=N–C) groups is 1. The van der Waals surface area contributed by atoms with E-state index in [-0.39, 0.29) is 5.41 Å². The number of hydrogen-bond acceptors (Lipinski definition) is 3. The van der Waals surface area contributed by atoms with Gasteiger partial charge in [-0.05, 0) is 55.6 Å². The monoisotopic (exact) mass is 431 g/mol. The fraction of sp³-hybridized carbons (Fsp3) is 0.435. The van der Waals surface area contributed by atoms with Crippen molar-refractivity contribution in [3.63, 3.8) is 0 Å². The molecule has 2 aliphatic heterocycles. The molecule has 2 heterocycles. The predicted molar refractivity (Wildman–Crippen MR) is 122 cm³/mol. The lowest BCUT2D eigenvalue weighted by Crippen LogP contribution is -2.54. The number of rotatable bonds is 5. The number of hydrogen-bond donors (Lipinski definition) is 1. The van der Waals surface area contributed by atoms with Gasteiger partial charge >= 0.3 is 0 Å². The van der Waals surface area contributed by atoms with Gasteiger partial charge in [0.1, 0.15) is 5.84 Å². The molecule has 0 aliphatic carbocycles. The Hall–Kier alpha value is -1.59. The summed E-state index contributed by atoms with van der Waals surface area (Å²) in [5.74, 6) is 1.16. The molecule has 0 saturated carbocycles. The predicted octanol–water partition coefficient (Wildman–Crippen LogP) is 4.97. The second-order valence-electron chi connectivity index (χ2n) is 7.87. The molecule has 4 rings (SSSR count). The maximum absolute atomic E-state index is 6.40. The highest BCUT2D eigenvalue weighted by Gasteiger charge is 2.44. The van der Waals surface area contributed by atoms with Crippen LogP contribution in [0.3, 0.4) is 0 Å². The van der Waals surface area contributed by atoms with Crippen LogP contribution in [0.1, 0.15) is 24.0 Å². The van der Waals surface area contributed by atoms with Gasteiger partial charge in [-0.1, -0.05) is 53.5 Å². The molecule has 2 aromatic rings. The van der Waals surface area contributed by atoms with Gasteiger partial charge in [-0.3, -0.25) is 4.99 Å². The van der Waals surface area contributed by atoms with Gasteiger partial charge in [0.15, 0.2) is 0 Å². The molecule has 0 atom stereocenters. The van der Waals surface area contributed by atoms with Gasteiger partial charge in [0.25, 0.3) is 0 Å². The number of nitrogens with one attached hydrogen (secondary N) is 1. The molecule has 1 saturated heterocycles. The number of piperidine rings is 1. The van der Waals surface area contributed by atoms with Gasteiger partial charge < -0.3 is 15.0 Å². The molecule has 1 fully saturated rings. The number of anilines is 1. The van der Waals surface area contributed by atoms with Crippen LogP contribution in [0.2, 0.25) is 10.0 Å². The first-order valence-electron chi connectivity index (χ1n) is 10.2. The van der Waals surface area contributed by atoms with Crippen molar-refractivity contribution in [3.8, 4) is 0 Å². The average molecular weight is 432 g/mol. The minimum absolute atomic E-state index is 0.0118. The van der Waals surface area contributed by atoms with E-state index in [2.05, 4.69) is 34.5 Å². The van der Waals surface area contributed by atoms with Crippen LogP contribution in [0.15, 0.2) is 47.5 Å². The van der Waals surface area contributed by atoms with E-state index in [0.717, 1.165) is 50.4 Å². The summed E-state index contributed by atoms with van der Waals surface area (Å²) in [6.45, 7) is 4.03. The van der Waals surface area contributed by atoms with Gasteiger partial charge in [0.05, 0.1) is 23.2 Å². The summed E-state index contributed by atoms with van der Waals surface area (Å²) in [7, 11) is 1.74. The van der Waals surface area contributed by atoms with E-state index < -0.39 is 0 Å². The Kier molecular flexibility index (Phi) is 6.45. The highest BCUT2D eigenvalue weighted by molar-refractivity contribution is 6.42. The fourth-order valence-corrected chi connectivity index (χ4v) is 4.88. The highest BCUT2D eigenvalue weighted by atomic mass is 35.5. The van der Waals surface area contributed by atoms with Crippen LogP contribution in [-0.4, -0.2) is 39.2 Å². The maximum Gasteiger partial charge on any atom is 0.110 e. The molecule has 29 heavy (non-hydrogen) atoms. The molecular formula is C23H27Cl2N3O. The van der Waals surface area contributed by atoms with E-state index in [1.807, 2.05) is 18.2 Å². The molecule has 2 aromatic carbocycles. The van der Waals surface area contributed by atoms with Gasteiger partial charge in [-0.25, -0.2) is 0 Å². The number of ether oxygens (including phenoxy) is 1. The van der Waals surface area contributed by atoms with Gasteiger partial charge in [-0.2, -0.15) is 0 Å². The maximum atomic E-state index is 6.40. The van der Waals surface area contributed by atoms with Crippen molar-refractivity contribution in [1.82, 2.24) is 5.32 Å². The Bertz CT molecular complexity index is 879. The molecule has 6 heteroatoms. The SMILES string of the molecule is COCCN1C(=NCc2ccccc2)C2(CCNCC2)Cc2cc(Cl)c(Cl)cc21. The van der Waals surface area contributed by atoms with E-state index in [4.69, 9.17) is 32.9 Å². The summed E-state index contributed by atoms with van der Waals surface area (Å²) in [6.07, 6.45) is 3.06. The van der Waals surface area contributed by atoms with Gasteiger partial charge in [0, 0.05) is 24.8 Å². The second kappa shape index (κ2) is 9.05. The number of halogens is 2. The summed E-state index contributed by atoms with van der Waals surface area (Å²) in [4.78, 5) is 7.52. The fourth-order valence-electron chi connectivity index (χ4n) is 4.53. The van der Waals surface area contributed by atoms with Crippen molar-refractivity contribution in [1.29, 1.82) is 0 Å². The zero-order valence-electron chi connectivity index (χ0n) is 16.8. The van der Waals surface area contributed by atoms with Crippen LogP contribution in [0.5, 0.6) is 0 Å². The Morgan fingerprint density at radius 3 is 2.55 bits per heavy atom. The van der Waals surface area contributed by atoms with Crippen LogP contribution >= 0.6 is 23.2 Å². The number of nitrogens with zero attached hydrogens (tertiary/aromatic N) is 2. The standard InChI is InChI=1S/C23H27Cl2N3O/c1-29-12-11-28-21-14-20(25)19(24)13-18(21)15-23(7-9-26-10-8-23)22(28)27-16-17-5-3-2-4-6-17/h2-6,13-14,26H,7-12,15-16H2,1H3. The van der Waals surface area contributed by atoms with E-state index in [1.165, 1.54) is 11.1 Å². The third-order valence-electron chi connectivity index (χ3n) is 6.01. The molecule has 154 valence electrons. The topological polar surface area (TPSA) is 36.9 Å². The van der Waals surface area contributed by atoms with Crippen LogP contribution in [0.25, 0.3) is 0 Å². The zero-order chi connectivity index (χ0) is 20.3. The number of benzene rings is 2. The molecule has 0 unspecified atom stereocenters. The molecule has 1 N–H and O–H groups in total. The number of fused-ring (bicyclic) bond motifs is 1. The van der Waals surface area contributed by atoms with E-state index >= 15 is 0 Å². The summed E-state index contributed by atoms with van der Waals surface area (Å²) in [5.41, 5.74) is 3.58. The Morgan fingerprint density at radius 1 is 1.10 bits per heavy atom. The third-order valence-corrected chi connectivity index (χ3v) is 6.73. The summed E-state index contributed by atoms with van der Waals surface area (Å²) < 4.78 is 5.43. The summed E-state index contributed by atoms with van der Waals surface area (Å²) >= 11 is 12.8. The lowest BCUT2D eigenvalue weighted by Gasteiger charge is -2.48. The quantitative estimate of drug-likeness (QED) is 0.725. The smallest absolute Gasteiger partial charge is 0.110 e. The molecule has 0 amide bonds. The lowest BCUT2D eigenvalue weighted by atomic mass is 9.70. The first-order chi connectivity index (χ1) is 14.1. The minimum Gasteiger partial charge on any atom is -0.383 e. The van der Waals surface area contributed by atoms with Gasteiger partial charge in [0.2, 0.25) is 0 Å². The van der Waals surface area contributed by atoms with E-state index in [0.29, 0.717) is 23.2 Å². The normalized spacial score (nSPS) is 19.6. The van der Waals surface area contributed by atoms with Crippen molar-refractivity contribution in [2.24, 2.45) is 10.4 Å².